The van der Waals surface area contributed by atoms with Crippen molar-refractivity contribution in [3.63, 3.8) is 0 Å². The smallest absolute Gasteiger partial charge is 0.175 e. The van der Waals surface area contributed by atoms with E-state index in [0.29, 0.717) is 36.3 Å². The topological polar surface area (TPSA) is 43.0 Å². The Morgan fingerprint density at radius 2 is 1.74 bits per heavy atom. The van der Waals surface area contributed by atoms with Gasteiger partial charge in [0.05, 0.1) is 35.0 Å². The molecule has 0 unspecified atom stereocenters. The van der Waals surface area contributed by atoms with Crippen LogP contribution in [0.25, 0.3) is 0 Å². The third kappa shape index (κ3) is 6.51. The Balaban J connectivity index is 1.43. The molecule has 3 aromatic carbocycles. The van der Waals surface area contributed by atoms with Crippen LogP contribution in [-0.2, 0) is 17.9 Å². The Bertz CT molecular complexity index is 1110. The minimum absolute atomic E-state index is 0.418. The fourth-order valence-electron chi connectivity index (χ4n) is 3.74. The highest BCUT2D eigenvalue weighted by atomic mass is 79.9. The highest BCUT2D eigenvalue weighted by Crippen LogP contribution is 2.38. The van der Waals surface area contributed by atoms with Gasteiger partial charge in [-0.25, -0.2) is 0 Å². The number of hydrogen-bond donors (Lipinski definition) is 1. The number of hydrogen-bond acceptors (Lipinski definition) is 5. The molecule has 1 N–H and O–H groups in total. The second-order valence-electron chi connectivity index (χ2n) is 7.87. The summed E-state index contributed by atoms with van der Waals surface area (Å²) in [6, 6.07) is 17.7. The molecule has 1 heterocycles. The van der Waals surface area contributed by atoms with Crippen molar-refractivity contribution in [2.24, 2.45) is 0 Å². The van der Waals surface area contributed by atoms with E-state index in [0.717, 1.165) is 58.3 Å². The van der Waals surface area contributed by atoms with E-state index in [9.17, 15) is 0 Å². The third-order valence-electron chi connectivity index (χ3n) is 5.46. The van der Waals surface area contributed by atoms with Crippen molar-refractivity contribution in [1.29, 1.82) is 0 Å². The molecule has 1 aliphatic rings. The standard InChI is InChI=1S/C26H27BrCl2N2O3/c1-2-33-25-14-19(13-22(27)26(25)34-17-18-3-5-20(28)6-4-18)16-30-21-7-8-24(23(29)15-21)31-9-11-32-12-10-31/h3-8,13-15,30H,2,9-12,16-17H2,1H3. The van der Waals surface area contributed by atoms with E-state index >= 15 is 0 Å². The first kappa shape index (κ1) is 25.0. The molecule has 1 fully saturated rings. The summed E-state index contributed by atoms with van der Waals surface area (Å²) in [5, 5.41) is 4.89. The molecule has 4 rings (SSSR count). The molecule has 180 valence electrons. The first-order chi connectivity index (χ1) is 16.5. The Morgan fingerprint density at radius 3 is 2.44 bits per heavy atom. The van der Waals surface area contributed by atoms with Gasteiger partial charge in [0.15, 0.2) is 11.5 Å². The molecule has 0 bridgehead atoms. The molecule has 5 nitrogen and oxygen atoms in total. The Labute approximate surface area is 219 Å². The maximum absolute atomic E-state index is 6.58. The van der Waals surface area contributed by atoms with Gasteiger partial charge in [-0.2, -0.15) is 0 Å². The van der Waals surface area contributed by atoms with E-state index in [1.807, 2.05) is 49.4 Å². The Kier molecular flexibility index (Phi) is 8.84. The summed E-state index contributed by atoms with van der Waals surface area (Å²) < 4.78 is 18.2. The number of nitrogens with zero attached hydrogens (tertiary/aromatic N) is 1. The lowest BCUT2D eigenvalue weighted by Gasteiger charge is -2.29. The maximum atomic E-state index is 6.58. The van der Waals surface area contributed by atoms with Crippen LogP contribution in [0, 0.1) is 0 Å². The van der Waals surface area contributed by atoms with Crippen LogP contribution in [-0.4, -0.2) is 32.9 Å². The van der Waals surface area contributed by atoms with Gasteiger partial charge < -0.3 is 24.4 Å². The zero-order valence-electron chi connectivity index (χ0n) is 19.0. The minimum Gasteiger partial charge on any atom is -0.490 e. The molecule has 0 saturated carbocycles. The molecule has 34 heavy (non-hydrogen) atoms. The summed E-state index contributed by atoms with van der Waals surface area (Å²) >= 11 is 16.2. The monoisotopic (exact) mass is 564 g/mol. The first-order valence-corrected chi connectivity index (χ1v) is 12.8. The zero-order chi connectivity index (χ0) is 23.9. The summed E-state index contributed by atoms with van der Waals surface area (Å²) in [7, 11) is 0. The summed E-state index contributed by atoms with van der Waals surface area (Å²) in [6.07, 6.45) is 0. The normalized spacial score (nSPS) is 13.6. The molecule has 1 aliphatic heterocycles. The molecule has 1 saturated heterocycles. The maximum Gasteiger partial charge on any atom is 0.175 e. The highest BCUT2D eigenvalue weighted by Gasteiger charge is 2.15. The number of anilines is 2. The Hall–Kier alpha value is -2.12. The summed E-state index contributed by atoms with van der Waals surface area (Å²) in [6.45, 7) is 6.70. The quantitative estimate of drug-likeness (QED) is 0.297. The van der Waals surface area contributed by atoms with Crippen molar-refractivity contribution in [1.82, 2.24) is 0 Å². The number of nitrogens with one attached hydrogen (secondary N) is 1. The van der Waals surface area contributed by atoms with Crippen molar-refractivity contribution in [2.45, 2.75) is 20.1 Å². The van der Waals surface area contributed by atoms with Crippen molar-refractivity contribution in [3.05, 3.63) is 80.2 Å². The van der Waals surface area contributed by atoms with Gasteiger partial charge in [0.25, 0.3) is 0 Å². The van der Waals surface area contributed by atoms with Crippen LogP contribution in [0.3, 0.4) is 0 Å². The van der Waals surface area contributed by atoms with Crippen LogP contribution in [0.4, 0.5) is 11.4 Å². The van der Waals surface area contributed by atoms with Crippen molar-refractivity contribution >= 4 is 50.5 Å². The van der Waals surface area contributed by atoms with Crippen LogP contribution in [0.5, 0.6) is 11.5 Å². The van der Waals surface area contributed by atoms with Crippen LogP contribution in [0.2, 0.25) is 10.0 Å². The molecule has 3 aromatic rings. The highest BCUT2D eigenvalue weighted by molar-refractivity contribution is 9.10. The van der Waals surface area contributed by atoms with E-state index < -0.39 is 0 Å². The van der Waals surface area contributed by atoms with E-state index in [1.165, 1.54) is 0 Å². The van der Waals surface area contributed by atoms with Gasteiger partial charge in [-0.3, -0.25) is 0 Å². The van der Waals surface area contributed by atoms with Gasteiger partial charge in [0.2, 0.25) is 0 Å². The van der Waals surface area contributed by atoms with Gasteiger partial charge in [-0.05, 0) is 76.4 Å². The van der Waals surface area contributed by atoms with Crippen LogP contribution < -0.4 is 19.7 Å². The number of benzene rings is 3. The van der Waals surface area contributed by atoms with Crippen LogP contribution in [0.15, 0.2) is 59.1 Å². The fourth-order valence-corrected chi connectivity index (χ4v) is 4.77. The summed E-state index contributed by atoms with van der Waals surface area (Å²) in [5.41, 5.74) is 4.09. The lowest BCUT2D eigenvalue weighted by Crippen LogP contribution is -2.36. The third-order valence-corrected chi connectivity index (χ3v) is 6.61. The summed E-state index contributed by atoms with van der Waals surface area (Å²) in [5.74, 6) is 1.38. The lowest BCUT2D eigenvalue weighted by atomic mass is 10.2. The number of morpholine rings is 1. The number of rotatable bonds is 9. The average Bonchev–Trinajstić information content (AvgIpc) is 2.84. The van der Waals surface area contributed by atoms with Gasteiger partial charge >= 0.3 is 0 Å². The molecule has 0 atom stereocenters. The molecule has 8 heteroatoms. The Morgan fingerprint density at radius 1 is 0.971 bits per heavy atom. The average molecular weight is 566 g/mol. The van der Waals surface area contributed by atoms with E-state index in [4.69, 9.17) is 37.4 Å². The van der Waals surface area contributed by atoms with Crippen molar-refractivity contribution in [2.75, 3.05) is 43.1 Å². The second-order valence-corrected chi connectivity index (χ2v) is 9.57. The van der Waals surface area contributed by atoms with Crippen molar-refractivity contribution in [3.8, 4) is 11.5 Å². The van der Waals surface area contributed by atoms with Gasteiger partial charge in [-0.1, -0.05) is 35.3 Å². The minimum atomic E-state index is 0.418. The lowest BCUT2D eigenvalue weighted by molar-refractivity contribution is 0.122. The summed E-state index contributed by atoms with van der Waals surface area (Å²) in [4.78, 5) is 2.25. The molecule has 0 amide bonds. The zero-order valence-corrected chi connectivity index (χ0v) is 22.0. The van der Waals surface area contributed by atoms with E-state index in [1.54, 1.807) is 0 Å². The SMILES string of the molecule is CCOc1cc(CNc2ccc(N3CCOCC3)c(Cl)c2)cc(Br)c1OCc1ccc(Cl)cc1. The molecule has 0 radical (unpaired) electrons. The first-order valence-electron chi connectivity index (χ1n) is 11.2. The van der Waals surface area contributed by atoms with E-state index in [2.05, 4.69) is 38.3 Å². The molecule has 0 spiro atoms. The van der Waals surface area contributed by atoms with Gasteiger partial charge in [0.1, 0.15) is 6.61 Å². The predicted molar refractivity (Wildman–Crippen MR) is 143 cm³/mol. The largest absolute Gasteiger partial charge is 0.490 e. The molecular weight excluding hydrogens is 539 g/mol. The van der Waals surface area contributed by atoms with Crippen molar-refractivity contribution < 1.29 is 14.2 Å². The molecule has 0 aliphatic carbocycles. The number of ether oxygens (including phenoxy) is 3. The van der Waals surface area contributed by atoms with Crippen LogP contribution in [0.1, 0.15) is 18.1 Å². The van der Waals surface area contributed by atoms with E-state index in [-0.39, 0.29) is 0 Å². The second kappa shape index (κ2) is 12.0. The fraction of sp³-hybridized carbons (Fsp3) is 0.308. The van der Waals surface area contributed by atoms with Crippen LogP contribution >= 0.6 is 39.1 Å². The number of halogens is 3. The van der Waals surface area contributed by atoms with Gasteiger partial charge in [-0.15, -0.1) is 0 Å². The molecule has 0 aromatic heterocycles. The predicted octanol–water partition coefficient (Wildman–Crippen LogP) is 7.18. The molecular formula is C26H27BrCl2N2O3. The van der Waals surface area contributed by atoms with Gasteiger partial charge in [0, 0.05) is 30.3 Å².